The molecule has 2 heteroatoms. The van der Waals surface area contributed by atoms with Crippen LogP contribution in [0, 0.1) is 0 Å². The van der Waals surface area contributed by atoms with Crippen molar-refractivity contribution < 1.29 is 0 Å². The maximum Gasteiger partial charge on any atom is 0.250 e. The van der Waals surface area contributed by atoms with Crippen molar-refractivity contribution in [3.63, 3.8) is 0 Å². The Labute approximate surface area is 65.5 Å². The zero-order valence-electron chi connectivity index (χ0n) is 6.42. The lowest BCUT2D eigenvalue weighted by atomic mass is 10.1. The summed E-state index contributed by atoms with van der Waals surface area (Å²) in [4.78, 5) is 11.2. The van der Waals surface area contributed by atoms with Crippen molar-refractivity contribution >= 4 is 0 Å². The zero-order valence-corrected chi connectivity index (χ0v) is 6.42. The van der Waals surface area contributed by atoms with E-state index in [0.29, 0.717) is 0 Å². The van der Waals surface area contributed by atoms with Crippen LogP contribution in [0.15, 0.2) is 23.0 Å². The molecule has 0 fully saturated rings. The smallest absolute Gasteiger partial charge is 0.250 e. The molecule has 58 valence electrons. The minimum atomic E-state index is 0.155. The first-order valence-electron chi connectivity index (χ1n) is 4.07. The maximum absolute atomic E-state index is 11.2. The van der Waals surface area contributed by atoms with Gasteiger partial charge in [-0.3, -0.25) is 4.79 Å². The molecule has 0 saturated heterocycles. The lowest BCUT2D eigenvalue weighted by Gasteiger charge is -2.16. The Morgan fingerprint density at radius 3 is 3.00 bits per heavy atom. The number of fused-ring (bicyclic) bond motifs is 1. The van der Waals surface area contributed by atoms with Crippen LogP contribution in [-0.4, -0.2) is 4.57 Å². The molecule has 0 aliphatic carbocycles. The highest BCUT2D eigenvalue weighted by atomic mass is 16.1. The summed E-state index contributed by atoms with van der Waals surface area (Å²) in [5, 5.41) is 0. The van der Waals surface area contributed by atoms with Gasteiger partial charge in [0.05, 0.1) is 0 Å². The van der Waals surface area contributed by atoms with Gasteiger partial charge in [-0.25, -0.2) is 0 Å². The minimum Gasteiger partial charge on any atom is -0.313 e. The summed E-state index contributed by atoms with van der Waals surface area (Å²) in [6.07, 6.45) is 3.44. The first kappa shape index (κ1) is 6.65. The summed E-state index contributed by atoms with van der Waals surface area (Å²) in [6, 6.07) is 5.52. The minimum absolute atomic E-state index is 0.155. The van der Waals surface area contributed by atoms with Crippen LogP contribution in [0.4, 0.5) is 0 Å². The van der Waals surface area contributed by atoms with Crippen molar-refractivity contribution in [2.24, 2.45) is 0 Å². The average Bonchev–Trinajstić information content (AvgIpc) is 2.06. The second-order valence-corrected chi connectivity index (χ2v) is 2.96. The summed E-state index contributed by atoms with van der Waals surface area (Å²) in [7, 11) is 0. The van der Waals surface area contributed by atoms with E-state index in [1.54, 1.807) is 6.07 Å². The van der Waals surface area contributed by atoms with Crippen LogP contribution in [-0.2, 0) is 13.0 Å². The number of nitrogens with zero attached hydrogens (tertiary/aromatic N) is 1. The second kappa shape index (κ2) is 2.53. The molecule has 0 spiro atoms. The fraction of sp³-hybridized carbons (Fsp3) is 0.444. The van der Waals surface area contributed by atoms with Crippen molar-refractivity contribution in [2.75, 3.05) is 0 Å². The molecule has 0 atom stereocenters. The topological polar surface area (TPSA) is 22.0 Å². The molecule has 1 aliphatic rings. The number of pyridine rings is 1. The molecule has 1 aromatic rings. The number of hydrogen-bond acceptors (Lipinski definition) is 1. The first-order chi connectivity index (χ1) is 5.38. The molecular formula is C9H11NO. The van der Waals surface area contributed by atoms with Crippen molar-refractivity contribution in [3.05, 3.63) is 34.2 Å². The summed E-state index contributed by atoms with van der Waals surface area (Å²) in [5.74, 6) is 0. The van der Waals surface area contributed by atoms with Crippen molar-refractivity contribution in [3.8, 4) is 0 Å². The SMILES string of the molecule is O=c1cccc2n1CCCC2. The van der Waals surface area contributed by atoms with E-state index in [1.165, 1.54) is 12.1 Å². The van der Waals surface area contributed by atoms with Gasteiger partial charge < -0.3 is 4.57 Å². The Morgan fingerprint density at radius 1 is 1.27 bits per heavy atom. The molecule has 1 aromatic heterocycles. The second-order valence-electron chi connectivity index (χ2n) is 2.96. The number of aromatic nitrogens is 1. The van der Waals surface area contributed by atoms with Gasteiger partial charge >= 0.3 is 0 Å². The van der Waals surface area contributed by atoms with E-state index in [-0.39, 0.29) is 5.56 Å². The van der Waals surface area contributed by atoms with Crippen molar-refractivity contribution in [2.45, 2.75) is 25.8 Å². The van der Waals surface area contributed by atoms with Gasteiger partial charge in [0.15, 0.2) is 0 Å². The van der Waals surface area contributed by atoms with Crippen LogP contribution >= 0.6 is 0 Å². The largest absolute Gasteiger partial charge is 0.313 e. The number of hydrogen-bond donors (Lipinski definition) is 0. The van der Waals surface area contributed by atoms with Gasteiger partial charge in [0.2, 0.25) is 0 Å². The molecule has 0 N–H and O–H groups in total. The van der Waals surface area contributed by atoms with E-state index in [2.05, 4.69) is 0 Å². The third kappa shape index (κ3) is 1.09. The standard InChI is InChI=1S/C9H11NO/c11-9-6-3-5-8-4-1-2-7-10(8)9/h3,5-6H,1-2,4,7H2. The van der Waals surface area contributed by atoms with Gasteiger partial charge in [0.25, 0.3) is 5.56 Å². The van der Waals surface area contributed by atoms with Crippen LogP contribution in [0.5, 0.6) is 0 Å². The monoisotopic (exact) mass is 149 g/mol. The fourth-order valence-electron chi connectivity index (χ4n) is 1.61. The van der Waals surface area contributed by atoms with E-state index in [1.807, 2.05) is 16.7 Å². The van der Waals surface area contributed by atoms with Crippen molar-refractivity contribution in [1.82, 2.24) is 4.57 Å². The maximum atomic E-state index is 11.2. The lowest BCUT2D eigenvalue weighted by Crippen LogP contribution is -2.25. The fourth-order valence-corrected chi connectivity index (χ4v) is 1.61. The molecular weight excluding hydrogens is 138 g/mol. The normalized spacial score (nSPS) is 16.0. The Kier molecular flexibility index (Phi) is 1.53. The van der Waals surface area contributed by atoms with Crippen LogP contribution in [0.1, 0.15) is 18.5 Å². The van der Waals surface area contributed by atoms with E-state index in [4.69, 9.17) is 0 Å². The molecule has 2 rings (SSSR count). The molecule has 0 aromatic carbocycles. The quantitative estimate of drug-likeness (QED) is 0.543. The molecule has 0 radical (unpaired) electrons. The third-order valence-electron chi connectivity index (χ3n) is 2.20. The molecule has 2 nitrogen and oxygen atoms in total. The molecule has 0 saturated carbocycles. The summed E-state index contributed by atoms with van der Waals surface area (Å²) >= 11 is 0. The molecule has 11 heavy (non-hydrogen) atoms. The molecule has 2 heterocycles. The molecule has 0 amide bonds. The summed E-state index contributed by atoms with van der Waals surface area (Å²) < 4.78 is 1.88. The lowest BCUT2D eigenvalue weighted by molar-refractivity contribution is 0.513. The van der Waals surface area contributed by atoms with Crippen LogP contribution in [0.3, 0.4) is 0 Å². The summed E-state index contributed by atoms with van der Waals surface area (Å²) in [6.45, 7) is 0.912. The molecule has 0 bridgehead atoms. The molecule has 0 unspecified atom stereocenters. The van der Waals surface area contributed by atoms with Gasteiger partial charge in [-0.15, -0.1) is 0 Å². The van der Waals surface area contributed by atoms with Gasteiger partial charge in [0.1, 0.15) is 0 Å². The average molecular weight is 149 g/mol. The van der Waals surface area contributed by atoms with E-state index in [9.17, 15) is 4.79 Å². The van der Waals surface area contributed by atoms with Crippen molar-refractivity contribution in [1.29, 1.82) is 0 Å². The Bertz CT molecular complexity index is 314. The number of rotatable bonds is 0. The summed E-state index contributed by atoms with van der Waals surface area (Å²) in [5.41, 5.74) is 1.35. The highest BCUT2D eigenvalue weighted by Crippen LogP contribution is 2.10. The third-order valence-corrected chi connectivity index (χ3v) is 2.20. The zero-order chi connectivity index (χ0) is 7.68. The Hall–Kier alpha value is -1.05. The highest BCUT2D eigenvalue weighted by Gasteiger charge is 2.07. The van der Waals surface area contributed by atoms with Gasteiger partial charge in [-0.05, 0) is 25.3 Å². The number of aryl methyl sites for hydroxylation is 1. The highest BCUT2D eigenvalue weighted by molar-refractivity contribution is 5.08. The van der Waals surface area contributed by atoms with Crippen LogP contribution in [0.2, 0.25) is 0 Å². The van der Waals surface area contributed by atoms with Crippen LogP contribution in [0.25, 0.3) is 0 Å². The van der Waals surface area contributed by atoms with Gasteiger partial charge in [0, 0.05) is 18.3 Å². The molecule has 1 aliphatic heterocycles. The Morgan fingerprint density at radius 2 is 2.18 bits per heavy atom. The van der Waals surface area contributed by atoms with Gasteiger partial charge in [-0.2, -0.15) is 0 Å². The Balaban J connectivity index is 2.58. The predicted molar refractivity (Wildman–Crippen MR) is 43.6 cm³/mol. The van der Waals surface area contributed by atoms with E-state index in [0.717, 1.165) is 19.4 Å². The first-order valence-corrected chi connectivity index (χ1v) is 4.07. The van der Waals surface area contributed by atoms with E-state index >= 15 is 0 Å². The van der Waals surface area contributed by atoms with Gasteiger partial charge in [-0.1, -0.05) is 6.07 Å². The predicted octanol–water partition coefficient (Wildman–Crippen LogP) is 1.18. The van der Waals surface area contributed by atoms with E-state index < -0.39 is 0 Å². The van der Waals surface area contributed by atoms with Crippen LogP contribution < -0.4 is 5.56 Å².